The molecule has 1 rings (SSSR count). The number of rotatable bonds is 5. The molecule has 0 atom stereocenters. The van der Waals surface area contributed by atoms with Crippen LogP contribution in [0.4, 0.5) is 0 Å². The molecule has 0 unspecified atom stereocenters. The molecule has 0 spiro atoms. The van der Waals surface area contributed by atoms with Crippen molar-refractivity contribution in [1.82, 2.24) is 0 Å². The highest BCUT2D eigenvalue weighted by Gasteiger charge is 2.11. The Morgan fingerprint density at radius 2 is 2.25 bits per heavy atom. The highest BCUT2D eigenvalue weighted by molar-refractivity contribution is 5.92. The zero-order chi connectivity index (χ0) is 8.81. The van der Waals surface area contributed by atoms with Crippen molar-refractivity contribution >= 4 is 5.78 Å². The monoisotopic (exact) mass is 168 g/mol. The lowest BCUT2D eigenvalue weighted by Crippen LogP contribution is -1.93. The average molecular weight is 168 g/mol. The SMILES string of the molecule is CCCCCCC1=CC(=O)CO1. The molecule has 0 radical (unpaired) electrons. The van der Waals surface area contributed by atoms with Crippen LogP contribution in [0.15, 0.2) is 11.8 Å². The van der Waals surface area contributed by atoms with Crippen LogP contribution in [-0.4, -0.2) is 12.4 Å². The molecule has 0 fully saturated rings. The maximum Gasteiger partial charge on any atom is 0.196 e. The summed E-state index contributed by atoms with van der Waals surface area (Å²) >= 11 is 0. The summed E-state index contributed by atoms with van der Waals surface area (Å²) in [5, 5.41) is 0. The van der Waals surface area contributed by atoms with Crippen LogP contribution >= 0.6 is 0 Å². The highest BCUT2D eigenvalue weighted by atomic mass is 16.5. The molecule has 0 aliphatic carbocycles. The quantitative estimate of drug-likeness (QED) is 0.589. The van der Waals surface area contributed by atoms with Crippen molar-refractivity contribution in [3.8, 4) is 0 Å². The zero-order valence-corrected chi connectivity index (χ0v) is 7.64. The van der Waals surface area contributed by atoms with Crippen LogP contribution < -0.4 is 0 Å². The first-order valence-corrected chi connectivity index (χ1v) is 4.69. The van der Waals surface area contributed by atoms with Gasteiger partial charge >= 0.3 is 0 Å². The van der Waals surface area contributed by atoms with Gasteiger partial charge < -0.3 is 4.74 Å². The van der Waals surface area contributed by atoms with Gasteiger partial charge in [-0.25, -0.2) is 0 Å². The fourth-order valence-electron chi connectivity index (χ4n) is 1.30. The van der Waals surface area contributed by atoms with Gasteiger partial charge in [0.1, 0.15) is 5.76 Å². The normalized spacial score (nSPS) is 16.1. The second kappa shape index (κ2) is 4.96. The van der Waals surface area contributed by atoms with Crippen LogP contribution in [0.1, 0.15) is 39.0 Å². The summed E-state index contributed by atoms with van der Waals surface area (Å²) < 4.78 is 5.16. The molecule has 2 heteroatoms. The Bertz CT molecular complexity index is 182. The number of hydrogen-bond acceptors (Lipinski definition) is 2. The minimum absolute atomic E-state index is 0.112. The molecule has 1 aliphatic rings. The minimum atomic E-state index is 0.112. The Labute approximate surface area is 73.6 Å². The van der Waals surface area contributed by atoms with E-state index in [0.717, 1.165) is 18.6 Å². The van der Waals surface area contributed by atoms with Gasteiger partial charge in [-0.05, 0) is 6.42 Å². The molecular formula is C10H16O2. The zero-order valence-electron chi connectivity index (χ0n) is 7.64. The van der Waals surface area contributed by atoms with Gasteiger partial charge in [-0.2, -0.15) is 0 Å². The molecule has 2 nitrogen and oxygen atoms in total. The first-order chi connectivity index (χ1) is 5.83. The van der Waals surface area contributed by atoms with Gasteiger partial charge in [-0.3, -0.25) is 4.79 Å². The molecule has 0 amide bonds. The number of hydrogen-bond donors (Lipinski definition) is 0. The second-order valence-corrected chi connectivity index (χ2v) is 3.18. The van der Waals surface area contributed by atoms with Crippen molar-refractivity contribution in [2.45, 2.75) is 39.0 Å². The van der Waals surface area contributed by atoms with Gasteiger partial charge in [0.2, 0.25) is 0 Å². The topological polar surface area (TPSA) is 26.3 Å². The van der Waals surface area contributed by atoms with Crippen molar-refractivity contribution in [2.24, 2.45) is 0 Å². The maximum atomic E-state index is 10.7. The summed E-state index contributed by atoms with van der Waals surface area (Å²) in [6, 6.07) is 0. The van der Waals surface area contributed by atoms with E-state index in [9.17, 15) is 4.79 Å². The summed E-state index contributed by atoms with van der Waals surface area (Å²) in [5.41, 5.74) is 0. The molecule has 0 aromatic heterocycles. The van der Waals surface area contributed by atoms with Gasteiger partial charge in [-0.1, -0.05) is 26.2 Å². The highest BCUT2D eigenvalue weighted by Crippen LogP contribution is 2.15. The lowest BCUT2D eigenvalue weighted by atomic mass is 10.1. The average Bonchev–Trinajstić information content (AvgIpc) is 2.45. The van der Waals surface area contributed by atoms with E-state index in [1.54, 1.807) is 6.08 Å². The molecule has 1 aliphatic heterocycles. The van der Waals surface area contributed by atoms with Gasteiger partial charge in [0, 0.05) is 12.5 Å². The van der Waals surface area contributed by atoms with Crippen LogP contribution in [0.25, 0.3) is 0 Å². The molecule has 0 bridgehead atoms. The lowest BCUT2D eigenvalue weighted by Gasteiger charge is -2.01. The van der Waals surface area contributed by atoms with Crippen LogP contribution in [0.3, 0.4) is 0 Å². The number of carbonyl (C=O) groups is 1. The third-order valence-corrected chi connectivity index (χ3v) is 2.00. The summed E-state index contributed by atoms with van der Waals surface area (Å²) in [5.74, 6) is 0.997. The summed E-state index contributed by atoms with van der Waals surface area (Å²) in [6.07, 6.45) is 7.48. The number of ketones is 1. The standard InChI is InChI=1S/C10H16O2/c1-2-3-4-5-6-10-7-9(11)8-12-10/h7H,2-6,8H2,1H3. The molecule has 0 aromatic rings. The predicted molar refractivity (Wildman–Crippen MR) is 47.8 cm³/mol. The smallest absolute Gasteiger partial charge is 0.196 e. The van der Waals surface area contributed by atoms with Gasteiger partial charge in [0.05, 0.1) is 0 Å². The molecule has 12 heavy (non-hydrogen) atoms. The van der Waals surface area contributed by atoms with E-state index in [4.69, 9.17) is 4.74 Å². The maximum absolute atomic E-state index is 10.7. The summed E-state index contributed by atoms with van der Waals surface area (Å²) in [4.78, 5) is 10.7. The van der Waals surface area contributed by atoms with Crippen molar-refractivity contribution in [2.75, 3.05) is 6.61 Å². The first-order valence-electron chi connectivity index (χ1n) is 4.69. The van der Waals surface area contributed by atoms with Crippen LogP contribution in [0, 0.1) is 0 Å². The Morgan fingerprint density at radius 3 is 2.83 bits per heavy atom. The summed E-state index contributed by atoms with van der Waals surface area (Å²) in [6.45, 7) is 2.46. The fraction of sp³-hybridized carbons (Fsp3) is 0.700. The van der Waals surface area contributed by atoms with E-state index in [2.05, 4.69) is 6.92 Å². The van der Waals surface area contributed by atoms with Crippen molar-refractivity contribution in [3.05, 3.63) is 11.8 Å². The third kappa shape index (κ3) is 3.07. The summed E-state index contributed by atoms with van der Waals surface area (Å²) in [7, 11) is 0. The fourth-order valence-corrected chi connectivity index (χ4v) is 1.30. The number of ether oxygens (including phenoxy) is 1. The van der Waals surface area contributed by atoms with Gasteiger partial charge in [-0.15, -0.1) is 0 Å². The van der Waals surface area contributed by atoms with E-state index in [1.807, 2.05) is 0 Å². The number of unbranched alkanes of at least 4 members (excludes halogenated alkanes) is 3. The molecule has 0 N–H and O–H groups in total. The van der Waals surface area contributed by atoms with Crippen molar-refractivity contribution in [1.29, 1.82) is 0 Å². The minimum Gasteiger partial charge on any atom is -0.490 e. The molecular weight excluding hydrogens is 152 g/mol. The molecule has 1 heterocycles. The van der Waals surface area contributed by atoms with Crippen molar-refractivity contribution in [3.63, 3.8) is 0 Å². The molecule has 68 valence electrons. The van der Waals surface area contributed by atoms with Crippen LogP contribution in [-0.2, 0) is 9.53 Å². The van der Waals surface area contributed by atoms with E-state index in [0.29, 0.717) is 0 Å². The Balaban J connectivity index is 2.07. The van der Waals surface area contributed by atoms with E-state index in [-0.39, 0.29) is 12.4 Å². The Morgan fingerprint density at radius 1 is 1.42 bits per heavy atom. The van der Waals surface area contributed by atoms with Crippen LogP contribution in [0.5, 0.6) is 0 Å². The van der Waals surface area contributed by atoms with E-state index >= 15 is 0 Å². The van der Waals surface area contributed by atoms with E-state index < -0.39 is 0 Å². The van der Waals surface area contributed by atoms with Crippen molar-refractivity contribution < 1.29 is 9.53 Å². The first kappa shape index (κ1) is 9.30. The Kier molecular flexibility index (Phi) is 3.85. The lowest BCUT2D eigenvalue weighted by molar-refractivity contribution is -0.115. The molecule has 0 aromatic carbocycles. The second-order valence-electron chi connectivity index (χ2n) is 3.18. The van der Waals surface area contributed by atoms with Gasteiger partial charge in [0.25, 0.3) is 0 Å². The van der Waals surface area contributed by atoms with Gasteiger partial charge in [0.15, 0.2) is 12.4 Å². The Hall–Kier alpha value is -0.790. The van der Waals surface area contributed by atoms with Crippen LogP contribution in [0.2, 0.25) is 0 Å². The third-order valence-electron chi connectivity index (χ3n) is 2.00. The number of carbonyl (C=O) groups excluding carboxylic acids is 1. The van der Waals surface area contributed by atoms with E-state index in [1.165, 1.54) is 19.3 Å². The molecule has 0 saturated carbocycles. The largest absolute Gasteiger partial charge is 0.490 e. The number of allylic oxidation sites excluding steroid dienone is 1. The predicted octanol–water partition coefficient (Wildman–Crippen LogP) is 2.44. The molecule has 0 saturated heterocycles.